The lowest BCUT2D eigenvalue weighted by Crippen LogP contribution is -2.12. The number of fused-ring (bicyclic) bond motifs is 1. The second kappa shape index (κ2) is 8.42. The minimum Gasteiger partial charge on any atom is -0.477 e. The van der Waals surface area contributed by atoms with E-state index in [4.69, 9.17) is 10.4 Å². The van der Waals surface area contributed by atoms with Gasteiger partial charge >= 0.3 is 18.3 Å². The van der Waals surface area contributed by atoms with E-state index >= 15 is 0 Å². The number of carboxylic acids is 1. The number of halogens is 6. The molecule has 0 spiro atoms. The molecule has 0 saturated carbocycles. The van der Waals surface area contributed by atoms with E-state index in [9.17, 15) is 31.1 Å². The molecule has 0 aliphatic rings. The lowest BCUT2D eigenvalue weighted by molar-refractivity contribution is -0.143. The number of alkyl halides is 6. The summed E-state index contributed by atoms with van der Waals surface area (Å²) in [5, 5.41) is 18.6. The van der Waals surface area contributed by atoms with Crippen LogP contribution in [-0.2, 0) is 30.1 Å². The summed E-state index contributed by atoms with van der Waals surface area (Å²) >= 11 is 0. The van der Waals surface area contributed by atoms with Crippen LogP contribution >= 0.6 is 0 Å². The zero-order valence-electron chi connectivity index (χ0n) is 16.1. The number of nitrogens with zero attached hydrogens (tertiary/aromatic N) is 2. The van der Waals surface area contributed by atoms with Gasteiger partial charge in [-0.25, -0.2) is 4.79 Å². The van der Waals surface area contributed by atoms with Crippen molar-refractivity contribution in [3.8, 4) is 6.07 Å². The molecule has 0 saturated heterocycles. The summed E-state index contributed by atoms with van der Waals surface area (Å²) in [5.41, 5.74) is -2.46. The first-order valence-electron chi connectivity index (χ1n) is 9.11. The molecular weight excluding hydrogens is 438 g/mol. The van der Waals surface area contributed by atoms with E-state index in [-0.39, 0.29) is 24.6 Å². The van der Waals surface area contributed by atoms with Crippen molar-refractivity contribution >= 4 is 22.9 Å². The van der Waals surface area contributed by atoms with E-state index in [0.29, 0.717) is 28.6 Å². The minimum atomic E-state index is -4.93. The molecular formula is C22H14F6N2O2. The van der Waals surface area contributed by atoms with Gasteiger partial charge in [0.25, 0.3) is 0 Å². The summed E-state index contributed by atoms with van der Waals surface area (Å²) in [5.74, 6) is -1.42. The van der Waals surface area contributed by atoms with Crippen LogP contribution in [0.1, 0.15) is 22.3 Å². The molecule has 0 aliphatic heterocycles. The maximum atomic E-state index is 13.1. The van der Waals surface area contributed by atoms with Crippen LogP contribution in [0.15, 0.2) is 54.2 Å². The van der Waals surface area contributed by atoms with Crippen LogP contribution in [0.4, 0.5) is 26.3 Å². The van der Waals surface area contributed by atoms with E-state index in [1.165, 1.54) is 6.20 Å². The number of para-hydroxylation sites is 1. The highest BCUT2D eigenvalue weighted by molar-refractivity contribution is 6.00. The number of carboxylic acid groups (broad SMARTS) is 1. The molecule has 0 atom stereocenters. The largest absolute Gasteiger partial charge is 0.477 e. The van der Waals surface area contributed by atoms with Gasteiger partial charge in [0, 0.05) is 29.2 Å². The lowest BCUT2D eigenvalue weighted by Gasteiger charge is -2.14. The van der Waals surface area contributed by atoms with Gasteiger partial charge in [-0.1, -0.05) is 18.2 Å². The van der Waals surface area contributed by atoms with Gasteiger partial charge in [0.1, 0.15) is 11.6 Å². The molecule has 0 bridgehead atoms. The highest BCUT2D eigenvalue weighted by atomic mass is 19.4. The molecule has 166 valence electrons. The maximum Gasteiger partial charge on any atom is 0.416 e. The van der Waals surface area contributed by atoms with Crippen molar-refractivity contribution in [3.05, 3.63) is 76.5 Å². The second-order valence-corrected chi connectivity index (χ2v) is 6.93. The SMILES string of the molecule is N#C/C(=C\c1cn(CCc2cc(C(F)(F)F)cc(C(F)(F)F)c2)c2ccccc12)C(=O)O. The first-order valence-corrected chi connectivity index (χ1v) is 9.11. The van der Waals surface area contributed by atoms with Crippen LogP contribution in [0.3, 0.4) is 0 Å². The number of nitriles is 1. The molecule has 0 unspecified atom stereocenters. The number of rotatable bonds is 5. The molecule has 1 aromatic heterocycles. The smallest absolute Gasteiger partial charge is 0.416 e. The fourth-order valence-electron chi connectivity index (χ4n) is 3.29. The summed E-state index contributed by atoms with van der Waals surface area (Å²) in [7, 11) is 0. The van der Waals surface area contributed by atoms with Crippen LogP contribution in [-0.4, -0.2) is 15.6 Å². The van der Waals surface area contributed by atoms with E-state index in [1.54, 1.807) is 34.9 Å². The third-order valence-electron chi connectivity index (χ3n) is 4.76. The summed E-state index contributed by atoms with van der Waals surface area (Å²) in [4.78, 5) is 11.1. The van der Waals surface area contributed by atoms with Gasteiger partial charge in [-0.05, 0) is 42.3 Å². The molecule has 2 aromatic carbocycles. The second-order valence-electron chi connectivity index (χ2n) is 6.93. The Morgan fingerprint density at radius 2 is 1.62 bits per heavy atom. The van der Waals surface area contributed by atoms with Crippen molar-refractivity contribution < 1.29 is 36.2 Å². The van der Waals surface area contributed by atoms with Crippen LogP contribution < -0.4 is 0 Å². The molecule has 10 heteroatoms. The topological polar surface area (TPSA) is 66.0 Å². The summed E-state index contributed by atoms with van der Waals surface area (Å²) in [6.07, 6.45) is -7.34. The van der Waals surface area contributed by atoms with E-state index < -0.39 is 35.0 Å². The molecule has 3 aromatic rings. The molecule has 0 amide bonds. The Bertz CT molecular complexity index is 1210. The molecule has 1 heterocycles. The highest BCUT2D eigenvalue weighted by Gasteiger charge is 2.36. The zero-order valence-corrected chi connectivity index (χ0v) is 16.1. The Morgan fingerprint density at radius 1 is 1.03 bits per heavy atom. The van der Waals surface area contributed by atoms with Gasteiger partial charge in [-0.15, -0.1) is 0 Å². The molecule has 4 nitrogen and oxygen atoms in total. The molecule has 0 fully saturated rings. The molecule has 0 radical (unpaired) electrons. The fourth-order valence-corrected chi connectivity index (χ4v) is 3.29. The fraction of sp³-hybridized carbons (Fsp3) is 0.182. The first-order chi connectivity index (χ1) is 14.9. The van der Waals surface area contributed by atoms with Crippen molar-refractivity contribution in [2.75, 3.05) is 0 Å². The number of benzene rings is 2. The summed E-state index contributed by atoms with van der Waals surface area (Å²) in [6.45, 7) is 0.0297. The van der Waals surface area contributed by atoms with Gasteiger partial charge in [0.15, 0.2) is 0 Å². The molecule has 32 heavy (non-hydrogen) atoms. The van der Waals surface area contributed by atoms with Crippen molar-refractivity contribution in [3.63, 3.8) is 0 Å². The van der Waals surface area contributed by atoms with Gasteiger partial charge < -0.3 is 9.67 Å². The van der Waals surface area contributed by atoms with Crippen LogP contribution in [0.5, 0.6) is 0 Å². The van der Waals surface area contributed by atoms with Crippen LogP contribution in [0, 0.1) is 11.3 Å². The Hall–Kier alpha value is -3.74. The van der Waals surface area contributed by atoms with Crippen molar-refractivity contribution in [2.45, 2.75) is 25.3 Å². The van der Waals surface area contributed by atoms with Crippen LogP contribution in [0.25, 0.3) is 17.0 Å². The average Bonchev–Trinajstić information content (AvgIpc) is 3.06. The quantitative estimate of drug-likeness (QED) is 0.297. The van der Waals surface area contributed by atoms with Crippen LogP contribution in [0.2, 0.25) is 0 Å². The number of aromatic nitrogens is 1. The van der Waals surface area contributed by atoms with Gasteiger partial charge in [0.05, 0.1) is 11.1 Å². The number of carbonyl (C=O) groups is 1. The highest BCUT2D eigenvalue weighted by Crippen LogP contribution is 2.36. The van der Waals surface area contributed by atoms with Gasteiger partial charge in [-0.2, -0.15) is 31.6 Å². The van der Waals surface area contributed by atoms with Crippen molar-refractivity contribution in [2.24, 2.45) is 0 Å². The number of aryl methyl sites for hydroxylation is 2. The van der Waals surface area contributed by atoms with E-state index in [1.807, 2.05) is 0 Å². The number of hydrogen-bond donors (Lipinski definition) is 1. The molecule has 3 rings (SSSR count). The maximum absolute atomic E-state index is 13.1. The monoisotopic (exact) mass is 452 g/mol. The first kappa shape index (κ1) is 22.9. The van der Waals surface area contributed by atoms with E-state index in [0.717, 1.165) is 6.08 Å². The lowest BCUT2D eigenvalue weighted by atomic mass is 10.0. The Labute approximate surface area is 177 Å². The van der Waals surface area contributed by atoms with E-state index in [2.05, 4.69) is 0 Å². The molecule has 1 N–H and O–H groups in total. The Kier molecular flexibility index (Phi) is 6.03. The van der Waals surface area contributed by atoms with Crippen molar-refractivity contribution in [1.29, 1.82) is 5.26 Å². The third-order valence-corrected chi connectivity index (χ3v) is 4.76. The zero-order chi connectivity index (χ0) is 23.7. The third kappa shape index (κ3) is 4.94. The average molecular weight is 452 g/mol. The Morgan fingerprint density at radius 3 is 2.16 bits per heavy atom. The predicted octanol–water partition coefficient (Wildman–Crippen LogP) is 5.91. The van der Waals surface area contributed by atoms with Gasteiger partial charge in [-0.3, -0.25) is 0 Å². The standard InChI is InChI=1S/C22H14F6N2O2/c23-21(24,25)16-7-13(8-17(10-16)22(26,27)28)5-6-30-12-15(9-14(11-29)20(31)32)18-3-1-2-4-19(18)30/h1-4,7-10,12H,5-6H2,(H,31,32)/b14-9+. The van der Waals surface area contributed by atoms with Crippen molar-refractivity contribution in [1.82, 2.24) is 4.57 Å². The predicted molar refractivity (Wildman–Crippen MR) is 103 cm³/mol. The number of hydrogen-bond acceptors (Lipinski definition) is 2. The summed E-state index contributed by atoms with van der Waals surface area (Å²) < 4.78 is 80.1. The minimum absolute atomic E-state index is 0.0297. The number of aliphatic carboxylic acids is 1. The summed E-state index contributed by atoms with van der Waals surface area (Å²) in [6, 6.07) is 9.70. The Balaban J connectivity index is 2.00. The normalized spacial score (nSPS) is 12.7. The van der Waals surface area contributed by atoms with Gasteiger partial charge in [0.2, 0.25) is 0 Å². The molecule has 0 aliphatic carbocycles.